The van der Waals surface area contributed by atoms with Crippen molar-refractivity contribution in [1.29, 1.82) is 0 Å². The van der Waals surface area contributed by atoms with Crippen molar-refractivity contribution in [3.05, 3.63) is 95.6 Å². The lowest BCUT2D eigenvalue weighted by Gasteiger charge is -2.09. The maximum absolute atomic E-state index is 12.6. The molecule has 0 saturated heterocycles. The Morgan fingerprint density at radius 3 is 2.12 bits per heavy atom. The van der Waals surface area contributed by atoms with Crippen LogP contribution in [0.25, 0.3) is 0 Å². The molecule has 4 nitrogen and oxygen atoms in total. The highest BCUT2D eigenvalue weighted by Gasteiger charge is 2.17. The van der Waals surface area contributed by atoms with Crippen LogP contribution in [0.5, 0.6) is 0 Å². The maximum Gasteiger partial charge on any atom is 0.261 e. The van der Waals surface area contributed by atoms with Gasteiger partial charge in [0, 0.05) is 16.8 Å². The third-order valence-corrected chi connectivity index (χ3v) is 5.13. The molecule has 3 aromatic rings. The van der Waals surface area contributed by atoms with E-state index in [0.29, 0.717) is 16.8 Å². The minimum atomic E-state index is -3.77. The molecule has 3 aromatic carbocycles. The topological polar surface area (TPSA) is 63.2 Å². The second-order valence-electron chi connectivity index (χ2n) is 5.69. The quantitative estimate of drug-likeness (QED) is 0.706. The lowest BCUT2D eigenvalue weighted by molar-refractivity contribution is 0.103. The molecule has 0 heterocycles. The van der Waals surface area contributed by atoms with Gasteiger partial charge in [0.25, 0.3) is 10.0 Å². The molecule has 0 amide bonds. The van der Waals surface area contributed by atoms with Gasteiger partial charge in [-0.05, 0) is 31.2 Å². The molecule has 25 heavy (non-hydrogen) atoms. The van der Waals surface area contributed by atoms with Gasteiger partial charge in [0.2, 0.25) is 0 Å². The number of ketones is 1. The fraction of sp³-hybridized carbons (Fsp3) is 0.0500. The Bertz CT molecular complexity index is 995. The van der Waals surface area contributed by atoms with Crippen LogP contribution in [0.1, 0.15) is 21.5 Å². The van der Waals surface area contributed by atoms with Crippen LogP contribution in [0.3, 0.4) is 0 Å². The molecule has 3 rings (SSSR count). The van der Waals surface area contributed by atoms with Crippen LogP contribution < -0.4 is 4.72 Å². The van der Waals surface area contributed by atoms with E-state index >= 15 is 0 Å². The van der Waals surface area contributed by atoms with Crippen LogP contribution >= 0.6 is 0 Å². The first-order valence-electron chi connectivity index (χ1n) is 7.75. The van der Waals surface area contributed by atoms with Crippen LogP contribution in [-0.2, 0) is 10.0 Å². The molecule has 0 aliphatic rings. The summed E-state index contributed by atoms with van der Waals surface area (Å²) in [5, 5.41) is 0. The van der Waals surface area contributed by atoms with Gasteiger partial charge in [0.15, 0.2) is 5.78 Å². The molecule has 0 bridgehead atoms. The highest BCUT2D eigenvalue weighted by atomic mass is 32.2. The van der Waals surface area contributed by atoms with E-state index in [-0.39, 0.29) is 10.7 Å². The molecular formula is C20H17NO3S. The maximum atomic E-state index is 12.6. The zero-order valence-corrected chi connectivity index (χ0v) is 14.5. The third-order valence-electron chi connectivity index (χ3n) is 3.75. The number of benzene rings is 3. The van der Waals surface area contributed by atoms with E-state index in [1.165, 1.54) is 12.1 Å². The predicted molar refractivity (Wildman–Crippen MR) is 98.3 cm³/mol. The molecule has 0 aliphatic carbocycles. The van der Waals surface area contributed by atoms with Gasteiger partial charge in [-0.15, -0.1) is 0 Å². The third kappa shape index (κ3) is 3.95. The molecule has 0 spiro atoms. The second kappa shape index (κ2) is 6.91. The Labute approximate surface area is 147 Å². The average molecular weight is 351 g/mol. The Hall–Kier alpha value is -2.92. The first-order chi connectivity index (χ1) is 12.0. The highest BCUT2D eigenvalue weighted by molar-refractivity contribution is 7.92. The molecule has 1 N–H and O–H groups in total. The number of carbonyl (C=O) groups is 1. The summed E-state index contributed by atoms with van der Waals surface area (Å²) >= 11 is 0. The molecule has 5 heteroatoms. The number of aryl methyl sites for hydroxylation is 1. The molecule has 0 atom stereocenters. The monoisotopic (exact) mass is 351 g/mol. The van der Waals surface area contributed by atoms with Crippen molar-refractivity contribution in [3.8, 4) is 0 Å². The van der Waals surface area contributed by atoms with E-state index in [9.17, 15) is 13.2 Å². The number of nitrogens with one attached hydrogen (secondary N) is 1. The fourth-order valence-corrected chi connectivity index (χ4v) is 3.50. The van der Waals surface area contributed by atoms with Crippen molar-refractivity contribution >= 4 is 21.5 Å². The van der Waals surface area contributed by atoms with Crippen molar-refractivity contribution in [3.63, 3.8) is 0 Å². The van der Waals surface area contributed by atoms with Crippen molar-refractivity contribution in [2.24, 2.45) is 0 Å². The number of rotatable bonds is 5. The molecule has 0 saturated carbocycles. The average Bonchev–Trinajstić information content (AvgIpc) is 2.64. The van der Waals surface area contributed by atoms with Gasteiger partial charge < -0.3 is 0 Å². The molecule has 0 fully saturated rings. The summed E-state index contributed by atoms with van der Waals surface area (Å²) < 4.78 is 27.7. The standard InChI is InChI=1S/C20H17NO3S/c1-15-10-12-18(13-11-15)21-25(23,24)19-9-5-8-17(14-19)20(22)16-6-3-2-4-7-16/h2-14,21H,1H3. The van der Waals surface area contributed by atoms with Crippen molar-refractivity contribution < 1.29 is 13.2 Å². The number of sulfonamides is 1. The lowest BCUT2D eigenvalue weighted by atomic mass is 10.0. The zero-order valence-electron chi connectivity index (χ0n) is 13.6. The Kier molecular flexibility index (Phi) is 4.67. The summed E-state index contributed by atoms with van der Waals surface area (Å²) in [7, 11) is -3.77. The summed E-state index contributed by atoms with van der Waals surface area (Å²) in [6, 6.07) is 21.9. The Morgan fingerprint density at radius 1 is 0.800 bits per heavy atom. The number of hydrogen-bond donors (Lipinski definition) is 1. The minimum Gasteiger partial charge on any atom is -0.289 e. The van der Waals surface area contributed by atoms with Crippen molar-refractivity contribution in [1.82, 2.24) is 0 Å². The Balaban J connectivity index is 1.90. The summed E-state index contributed by atoms with van der Waals surface area (Å²) in [6.45, 7) is 1.93. The highest BCUT2D eigenvalue weighted by Crippen LogP contribution is 2.19. The van der Waals surface area contributed by atoms with E-state index in [4.69, 9.17) is 0 Å². The summed E-state index contributed by atoms with van der Waals surface area (Å²) in [6.07, 6.45) is 0. The van der Waals surface area contributed by atoms with E-state index in [2.05, 4.69) is 4.72 Å². The number of anilines is 1. The van der Waals surface area contributed by atoms with Crippen LogP contribution in [0.4, 0.5) is 5.69 Å². The van der Waals surface area contributed by atoms with Crippen LogP contribution in [-0.4, -0.2) is 14.2 Å². The molecule has 0 aliphatic heterocycles. The van der Waals surface area contributed by atoms with Crippen molar-refractivity contribution in [2.75, 3.05) is 4.72 Å². The van der Waals surface area contributed by atoms with Crippen molar-refractivity contribution in [2.45, 2.75) is 11.8 Å². The van der Waals surface area contributed by atoms with Gasteiger partial charge in [0.05, 0.1) is 4.90 Å². The summed E-state index contributed by atoms with van der Waals surface area (Å²) in [5.74, 6) is -0.215. The Morgan fingerprint density at radius 2 is 1.44 bits per heavy atom. The first kappa shape index (κ1) is 16.9. The van der Waals surface area contributed by atoms with E-state index in [1.54, 1.807) is 48.5 Å². The lowest BCUT2D eigenvalue weighted by Crippen LogP contribution is -2.14. The molecular weight excluding hydrogens is 334 g/mol. The zero-order chi connectivity index (χ0) is 17.9. The fourth-order valence-electron chi connectivity index (χ4n) is 2.40. The first-order valence-corrected chi connectivity index (χ1v) is 9.23. The van der Waals surface area contributed by atoms with Gasteiger partial charge in [0.1, 0.15) is 0 Å². The van der Waals surface area contributed by atoms with Gasteiger partial charge >= 0.3 is 0 Å². The SMILES string of the molecule is Cc1ccc(NS(=O)(=O)c2cccc(C(=O)c3ccccc3)c2)cc1. The number of hydrogen-bond acceptors (Lipinski definition) is 3. The number of carbonyl (C=O) groups excluding carboxylic acids is 1. The van der Waals surface area contributed by atoms with Gasteiger partial charge in [-0.3, -0.25) is 9.52 Å². The normalized spacial score (nSPS) is 11.1. The van der Waals surface area contributed by atoms with Gasteiger partial charge in [-0.1, -0.05) is 60.2 Å². The van der Waals surface area contributed by atoms with E-state index in [1.807, 2.05) is 25.1 Å². The largest absolute Gasteiger partial charge is 0.289 e. The predicted octanol–water partition coefficient (Wildman–Crippen LogP) is 4.03. The molecule has 126 valence electrons. The van der Waals surface area contributed by atoms with Gasteiger partial charge in [-0.25, -0.2) is 8.42 Å². The summed E-state index contributed by atoms with van der Waals surface area (Å²) in [4.78, 5) is 12.6. The van der Waals surface area contributed by atoms with Crippen LogP contribution in [0.2, 0.25) is 0 Å². The minimum absolute atomic E-state index is 0.0508. The second-order valence-corrected chi connectivity index (χ2v) is 7.38. The molecule has 0 radical (unpaired) electrons. The van der Waals surface area contributed by atoms with Gasteiger partial charge in [-0.2, -0.15) is 0 Å². The molecule has 0 aromatic heterocycles. The van der Waals surface area contributed by atoms with E-state index < -0.39 is 10.0 Å². The smallest absolute Gasteiger partial charge is 0.261 e. The summed E-state index contributed by atoms with van der Waals surface area (Å²) in [5.41, 5.74) is 2.37. The van der Waals surface area contributed by atoms with E-state index in [0.717, 1.165) is 5.56 Å². The molecule has 0 unspecified atom stereocenters. The van der Waals surface area contributed by atoms with Crippen LogP contribution in [0.15, 0.2) is 83.8 Å². The van der Waals surface area contributed by atoms with Crippen LogP contribution in [0, 0.1) is 6.92 Å².